The summed E-state index contributed by atoms with van der Waals surface area (Å²) in [4.78, 5) is 16.2. The van der Waals surface area contributed by atoms with E-state index in [0.29, 0.717) is 18.1 Å². The lowest BCUT2D eigenvalue weighted by Gasteiger charge is -2.11. The molecular formula is C20H18N4OS2. The van der Waals surface area contributed by atoms with Crippen molar-refractivity contribution < 1.29 is 4.52 Å². The molecule has 3 aromatic heterocycles. The summed E-state index contributed by atoms with van der Waals surface area (Å²) in [5.74, 6) is 1.98. The molecule has 0 spiro atoms. The van der Waals surface area contributed by atoms with E-state index in [9.17, 15) is 0 Å². The van der Waals surface area contributed by atoms with E-state index < -0.39 is 0 Å². The maximum atomic E-state index is 5.44. The third-order valence-corrected chi connectivity index (χ3v) is 6.94. The monoisotopic (exact) mass is 394 g/mol. The van der Waals surface area contributed by atoms with Gasteiger partial charge in [-0.3, -0.25) is 0 Å². The summed E-state index contributed by atoms with van der Waals surface area (Å²) in [7, 11) is 0. The highest BCUT2D eigenvalue weighted by molar-refractivity contribution is 7.98. The average Bonchev–Trinajstić information content (AvgIpc) is 3.31. The highest BCUT2D eigenvalue weighted by Gasteiger charge is 2.20. The Morgan fingerprint density at radius 1 is 1.07 bits per heavy atom. The Morgan fingerprint density at radius 3 is 2.89 bits per heavy atom. The fourth-order valence-electron chi connectivity index (χ4n) is 3.50. The van der Waals surface area contributed by atoms with Gasteiger partial charge in [0.2, 0.25) is 5.89 Å². The van der Waals surface area contributed by atoms with Crippen LogP contribution >= 0.6 is 23.1 Å². The lowest BCUT2D eigenvalue weighted by molar-refractivity contribution is 0.386. The summed E-state index contributed by atoms with van der Waals surface area (Å²) in [6, 6.07) is 10.2. The van der Waals surface area contributed by atoms with Crippen LogP contribution < -0.4 is 0 Å². The summed E-state index contributed by atoms with van der Waals surface area (Å²) in [6.07, 6.45) is 7.20. The second-order valence-corrected chi connectivity index (χ2v) is 8.67. The molecule has 0 N–H and O–H groups in total. The van der Waals surface area contributed by atoms with Gasteiger partial charge in [0.25, 0.3) is 0 Å². The predicted octanol–water partition coefficient (Wildman–Crippen LogP) is 4.84. The van der Waals surface area contributed by atoms with Crippen molar-refractivity contribution in [2.24, 2.45) is 0 Å². The van der Waals surface area contributed by atoms with Crippen molar-refractivity contribution in [1.29, 1.82) is 0 Å². The summed E-state index contributed by atoms with van der Waals surface area (Å²) in [5.41, 5.74) is 2.64. The number of nitrogens with zero attached hydrogens (tertiary/aromatic N) is 4. The van der Waals surface area contributed by atoms with Crippen LogP contribution in [-0.4, -0.2) is 20.1 Å². The van der Waals surface area contributed by atoms with Crippen molar-refractivity contribution in [2.45, 2.75) is 42.9 Å². The molecule has 1 aromatic carbocycles. The predicted molar refractivity (Wildman–Crippen MR) is 107 cm³/mol. The zero-order chi connectivity index (χ0) is 18.1. The minimum absolute atomic E-state index is 0.624. The van der Waals surface area contributed by atoms with Gasteiger partial charge in [-0.15, -0.1) is 11.3 Å². The summed E-state index contributed by atoms with van der Waals surface area (Å²) < 4.78 is 5.44. The van der Waals surface area contributed by atoms with E-state index in [1.165, 1.54) is 40.7 Å². The largest absolute Gasteiger partial charge is 0.338 e. The summed E-state index contributed by atoms with van der Waals surface area (Å²) in [6.45, 7) is 0. The molecule has 7 heteroatoms. The molecule has 0 aliphatic heterocycles. The lowest BCUT2D eigenvalue weighted by atomic mass is 9.97. The van der Waals surface area contributed by atoms with E-state index in [2.05, 4.69) is 32.2 Å². The Kier molecular flexibility index (Phi) is 4.63. The Balaban J connectivity index is 1.34. The number of aryl methyl sites for hydroxylation is 2. The minimum atomic E-state index is 0.624. The number of hydrogen-bond donors (Lipinski definition) is 0. The van der Waals surface area contributed by atoms with Crippen LogP contribution in [0.2, 0.25) is 0 Å². The molecule has 0 bridgehead atoms. The van der Waals surface area contributed by atoms with Crippen LogP contribution in [0.3, 0.4) is 0 Å². The van der Waals surface area contributed by atoms with E-state index in [1.54, 1.807) is 18.1 Å². The highest BCUT2D eigenvalue weighted by Crippen LogP contribution is 2.39. The van der Waals surface area contributed by atoms with Crippen molar-refractivity contribution in [3.8, 4) is 0 Å². The van der Waals surface area contributed by atoms with Crippen molar-refractivity contribution in [1.82, 2.24) is 20.1 Å². The molecule has 0 radical (unpaired) electrons. The van der Waals surface area contributed by atoms with Crippen LogP contribution in [0.5, 0.6) is 0 Å². The second-order valence-electron chi connectivity index (χ2n) is 6.63. The number of hydrogen-bond acceptors (Lipinski definition) is 7. The Hall–Kier alpha value is -2.25. The van der Waals surface area contributed by atoms with Crippen molar-refractivity contribution in [3.05, 3.63) is 64.4 Å². The van der Waals surface area contributed by atoms with Crippen molar-refractivity contribution in [3.63, 3.8) is 0 Å². The molecule has 0 saturated heterocycles. The molecule has 0 unspecified atom stereocenters. The normalized spacial score (nSPS) is 13.8. The van der Waals surface area contributed by atoms with E-state index in [1.807, 2.05) is 29.5 Å². The first-order valence-corrected chi connectivity index (χ1v) is 10.9. The SMILES string of the molecule is c1ccc(Cc2noc(CSc3ncnc4sc5c(c34)CCCC5)n2)cc1. The zero-order valence-corrected chi connectivity index (χ0v) is 16.4. The van der Waals surface area contributed by atoms with Crippen LogP contribution in [0.4, 0.5) is 0 Å². The second kappa shape index (κ2) is 7.40. The first-order chi connectivity index (χ1) is 13.4. The van der Waals surface area contributed by atoms with Gasteiger partial charge in [-0.2, -0.15) is 4.98 Å². The number of rotatable bonds is 5. The van der Waals surface area contributed by atoms with E-state index in [4.69, 9.17) is 4.52 Å². The quantitative estimate of drug-likeness (QED) is 0.357. The van der Waals surface area contributed by atoms with Crippen molar-refractivity contribution in [2.75, 3.05) is 0 Å². The Morgan fingerprint density at radius 2 is 1.96 bits per heavy atom. The summed E-state index contributed by atoms with van der Waals surface area (Å²) in [5, 5.41) is 6.39. The first-order valence-electron chi connectivity index (χ1n) is 9.10. The number of thioether (sulfide) groups is 1. The topological polar surface area (TPSA) is 64.7 Å². The smallest absolute Gasteiger partial charge is 0.237 e. The van der Waals surface area contributed by atoms with Crippen LogP contribution in [0, 0.1) is 0 Å². The number of benzene rings is 1. The number of fused-ring (bicyclic) bond motifs is 3. The van der Waals surface area contributed by atoms with Gasteiger partial charge in [-0.05, 0) is 36.8 Å². The molecule has 5 rings (SSSR count). The Labute approximate surface area is 165 Å². The van der Waals surface area contributed by atoms with Crippen LogP contribution in [0.25, 0.3) is 10.2 Å². The molecule has 5 nitrogen and oxygen atoms in total. The van der Waals surface area contributed by atoms with Gasteiger partial charge in [-0.25, -0.2) is 9.97 Å². The molecule has 0 saturated carbocycles. The molecule has 1 aliphatic rings. The van der Waals surface area contributed by atoms with Gasteiger partial charge in [0.1, 0.15) is 16.2 Å². The lowest BCUT2D eigenvalue weighted by Crippen LogP contribution is -1.99. The van der Waals surface area contributed by atoms with Crippen LogP contribution in [-0.2, 0) is 25.0 Å². The van der Waals surface area contributed by atoms with Crippen LogP contribution in [0.15, 0.2) is 46.2 Å². The molecule has 4 aromatic rings. The highest BCUT2D eigenvalue weighted by atomic mass is 32.2. The van der Waals surface area contributed by atoms with E-state index in [-0.39, 0.29) is 0 Å². The van der Waals surface area contributed by atoms with Gasteiger partial charge in [0.15, 0.2) is 5.82 Å². The third-order valence-electron chi connectivity index (χ3n) is 4.76. The molecule has 1 aliphatic carbocycles. The van der Waals surface area contributed by atoms with Gasteiger partial charge in [-0.1, -0.05) is 47.3 Å². The first kappa shape index (κ1) is 16.9. The molecule has 0 amide bonds. The number of thiophene rings is 1. The molecule has 0 atom stereocenters. The van der Waals surface area contributed by atoms with Crippen molar-refractivity contribution >= 4 is 33.3 Å². The van der Waals surface area contributed by atoms with Gasteiger partial charge < -0.3 is 4.52 Å². The minimum Gasteiger partial charge on any atom is -0.338 e. The molecule has 0 fully saturated rings. The number of aromatic nitrogens is 4. The van der Waals surface area contributed by atoms with Crippen LogP contribution in [0.1, 0.15) is 40.6 Å². The maximum Gasteiger partial charge on any atom is 0.237 e. The summed E-state index contributed by atoms with van der Waals surface area (Å²) >= 11 is 3.48. The Bertz CT molecular complexity index is 1070. The maximum absolute atomic E-state index is 5.44. The zero-order valence-electron chi connectivity index (χ0n) is 14.7. The molecular weight excluding hydrogens is 376 g/mol. The fraction of sp³-hybridized carbons (Fsp3) is 0.300. The fourth-order valence-corrected chi connectivity index (χ4v) is 5.66. The standard InChI is InChI=1S/C20H18N4OS2/c1-2-6-13(7-3-1)10-16-23-17(25-24-16)11-26-19-18-14-8-4-5-9-15(14)27-20(18)22-12-21-19/h1-3,6-7,12H,4-5,8-11H2. The molecule has 136 valence electrons. The van der Waals surface area contributed by atoms with Gasteiger partial charge >= 0.3 is 0 Å². The molecule has 3 heterocycles. The molecule has 27 heavy (non-hydrogen) atoms. The van der Waals surface area contributed by atoms with Gasteiger partial charge in [0.05, 0.1) is 5.75 Å². The average molecular weight is 395 g/mol. The van der Waals surface area contributed by atoms with E-state index in [0.717, 1.165) is 22.1 Å². The third kappa shape index (κ3) is 3.49. The van der Waals surface area contributed by atoms with Gasteiger partial charge in [0, 0.05) is 16.7 Å². The van der Waals surface area contributed by atoms with E-state index >= 15 is 0 Å².